The molecule has 1 atom stereocenters. The molecule has 0 unspecified atom stereocenters. The van der Waals surface area contributed by atoms with Crippen LogP contribution in [-0.2, 0) is 17.9 Å². The Morgan fingerprint density at radius 1 is 1.24 bits per heavy atom. The molecule has 1 amide bonds. The highest BCUT2D eigenvalue weighted by atomic mass is 16.3. The highest BCUT2D eigenvalue weighted by molar-refractivity contribution is 5.79. The number of benzene rings is 1. The van der Waals surface area contributed by atoms with Gasteiger partial charge in [-0.3, -0.25) is 9.69 Å². The second kappa shape index (κ2) is 8.50. The van der Waals surface area contributed by atoms with Crippen LogP contribution in [0.2, 0.25) is 0 Å². The molecule has 1 aromatic heterocycles. The number of nitriles is 1. The molecule has 0 bridgehead atoms. The van der Waals surface area contributed by atoms with Crippen molar-refractivity contribution in [2.75, 3.05) is 6.54 Å². The predicted octanol–water partition coefficient (Wildman–Crippen LogP) is 3.34. The van der Waals surface area contributed by atoms with E-state index < -0.39 is 5.54 Å². The lowest BCUT2D eigenvalue weighted by Gasteiger charge is -2.29. The van der Waals surface area contributed by atoms with Gasteiger partial charge in [0.05, 0.1) is 25.4 Å². The number of furan rings is 1. The molecule has 0 spiro atoms. The summed E-state index contributed by atoms with van der Waals surface area (Å²) in [5.41, 5.74) is 0.244. The van der Waals surface area contributed by atoms with Crippen molar-refractivity contribution >= 4 is 5.91 Å². The van der Waals surface area contributed by atoms with Crippen molar-refractivity contribution in [1.29, 1.82) is 5.26 Å². The average Bonchev–Trinajstić information content (AvgIpc) is 3.08. The Bertz CT molecular complexity index is 704. The van der Waals surface area contributed by atoms with Crippen molar-refractivity contribution < 1.29 is 9.21 Å². The molecule has 0 aliphatic heterocycles. The Balaban J connectivity index is 2.07. The van der Waals surface area contributed by atoms with E-state index in [9.17, 15) is 10.1 Å². The number of hydrogen-bond donors (Lipinski definition) is 1. The van der Waals surface area contributed by atoms with Gasteiger partial charge >= 0.3 is 0 Å². The van der Waals surface area contributed by atoms with E-state index in [2.05, 4.69) is 11.4 Å². The van der Waals surface area contributed by atoms with Crippen molar-refractivity contribution in [3.63, 3.8) is 0 Å². The highest BCUT2D eigenvalue weighted by Crippen LogP contribution is 2.16. The van der Waals surface area contributed by atoms with Crippen LogP contribution in [0, 0.1) is 17.2 Å². The monoisotopic (exact) mass is 339 g/mol. The van der Waals surface area contributed by atoms with Gasteiger partial charge in [0.15, 0.2) is 0 Å². The summed E-state index contributed by atoms with van der Waals surface area (Å²) in [7, 11) is 0. The minimum atomic E-state index is -0.875. The van der Waals surface area contributed by atoms with E-state index in [1.54, 1.807) is 13.2 Å². The first kappa shape index (κ1) is 18.8. The summed E-state index contributed by atoms with van der Waals surface area (Å²) in [6, 6.07) is 15.9. The topological polar surface area (TPSA) is 69.3 Å². The van der Waals surface area contributed by atoms with E-state index in [-0.39, 0.29) is 18.4 Å². The summed E-state index contributed by atoms with van der Waals surface area (Å²) in [4.78, 5) is 14.5. The molecule has 1 aromatic carbocycles. The molecule has 2 aromatic rings. The molecule has 0 radical (unpaired) electrons. The summed E-state index contributed by atoms with van der Waals surface area (Å²) < 4.78 is 5.42. The van der Waals surface area contributed by atoms with E-state index in [0.717, 1.165) is 11.3 Å². The van der Waals surface area contributed by atoms with E-state index >= 15 is 0 Å². The van der Waals surface area contributed by atoms with Crippen LogP contribution >= 0.6 is 0 Å². The molecule has 0 fully saturated rings. The molecule has 5 nitrogen and oxygen atoms in total. The number of hydrogen-bond acceptors (Lipinski definition) is 4. The molecule has 1 heterocycles. The van der Waals surface area contributed by atoms with Gasteiger partial charge in [-0.2, -0.15) is 5.26 Å². The smallest absolute Gasteiger partial charge is 0.235 e. The summed E-state index contributed by atoms with van der Waals surface area (Å²) in [5.74, 6) is 0.657. The number of carbonyl (C=O) groups excluding carboxylic acids is 1. The third-order valence-corrected chi connectivity index (χ3v) is 4.36. The van der Waals surface area contributed by atoms with Crippen molar-refractivity contribution in [3.8, 4) is 6.07 Å². The van der Waals surface area contributed by atoms with E-state index in [0.29, 0.717) is 13.1 Å². The summed E-state index contributed by atoms with van der Waals surface area (Å²) in [6.07, 6.45) is 1.63. The molecular weight excluding hydrogens is 314 g/mol. The Kier molecular flexibility index (Phi) is 6.37. The third kappa shape index (κ3) is 5.47. The van der Waals surface area contributed by atoms with Crippen LogP contribution < -0.4 is 5.32 Å². The number of amides is 1. The van der Waals surface area contributed by atoms with Crippen LogP contribution in [0.4, 0.5) is 0 Å². The Morgan fingerprint density at radius 3 is 2.52 bits per heavy atom. The highest BCUT2D eigenvalue weighted by Gasteiger charge is 2.30. The second-order valence-electron chi connectivity index (χ2n) is 6.73. The quantitative estimate of drug-likeness (QED) is 0.801. The zero-order chi connectivity index (χ0) is 18.3. The van der Waals surface area contributed by atoms with E-state index in [4.69, 9.17) is 4.42 Å². The molecule has 0 aliphatic rings. The van der Waals surface area contributed by atoms with Crippen LogP contribution in [-0.4, -0.2) is 22.9 Å². The van der Waals surface area contributed by atoms with Crippen LogP contribution in [0.25, 0.3) is 0 Å². The van der Waals surface area contributed by atoms with Gasteiger partial charge in [-0.25, -0.2) is 0 Å². The third-order valence-electron chi connectivity index (χ3n) is 4.36. The first-order valence-electron chi connectivity index (χ1n) is 8.44. The molecule has 5 heteroatoms. The van der Waals surface area contributed by atoms with Gasteiger partial charge in [-0.1, -0.05) is 44.2 Å². The lowest BCUT2D eigenvalue weighted by molar-refractivity contribution is -0.124. The molecule has 0 saturated heterocycles. The molecular formula is C20H25N3O2. The maximum absolute atomic E-state index is 12.5. The summed E-state index contributed by atoms with van der Waals surface area (Å²) in [5, 5.41) is 12.3. The Labute approximate surface area is 149 Å². The molecule has 0 saturated carbocycles. The molecule has 132 valence electrons. The van der Waals surface area contributed by atoms with Gasteiger partial charge < -0.3 is 9.73 Å². The van der Waals surface area contributed by atoms with Gasteiger partial charge in [-0.05, 0) is 30.5 Å². The maximum atomic E-state index is 12.5. The van der Waals surface area contributed by atoms with Gasteiger partial charge in [0.1, 0.15) is 11.3 Å². The standard InChI is InChI=1S/C20H25N3O2/c1-16(2)20(3,15-21)22-19(24)14-23(13-18-10-7-11-25-18)12-17-8-5-4-6-9-17/h4-11,16H,12-14H2,1-3H3,(H,22,24)/t20-/m0/s1. The van der Waals surface area contributed by atoms with Crippen LogP contribution in [0.5, 0.6) is 0 Å². The Morgan fingerprint density at radius 2 is 1.96 bits per heavy atom. The van der Waals surface area contributed by atoms with E-state index in [1.807, 2.05) is 61.2 Å². The first-order valence-corrected chi connectivity index (χ1v) is 8.44. The fourth-order valence-corrected chi connectivity index (χ4v) is 2.47. The summed E-state index contributed by atoms with van der Waals surface area (Å²) >= 11 is 0. The zero-order valence-corrected chi connectivity index (χ0v) is 15.0. The van der Waals surface area contributed by atoms with Crippen LogP contribution in [0.15, 0.2) is 53.1 Å². The van der Waals surface area contributed by atoms with Gasteiger partial charge in [0.2, 0.25) is 5.91 Å². The predicted molar refractivity (Wildman–Crippen MR) is 96.3 cm³/mol. The van der Waals surface area contributed by atoms with Gasteiger partial charge in [0, 0.05) is 6.54 Å². The maximum Gasteiger partial charge on any atom is 0.235 e. The molecule has 25 heavy (non-hydrogen) atoms. The minimum absolute atomic E-state index is 0.0223. The fourth-order valence-electron chi connectivity index (χ4n) is 2.47. The van der Waals surface area contributed by atoms with Crippen LogP contribution in [0.3, 0.4) is 0 Å². The molecule has 0 aliphatic carbocycles. The number of carbonyl (C=O) groups is 1. The minimum Gasteiger partial charge on any atom is -0.468 e. The number of nitrogens with one attached hydrogen (secondary N) is 1. The Hall–Kier alpha value is -2.58. The summed E-state index contributed by atoms with van der Waals surface area (Å²) in [6.45, 7) is 6.95. The SMILES string of the molecule is CC(C)[C@](C)(C#N)NC(=O)CN(Cc1ccccc1)Cc1ccco1. The van der Waals surface area contributed by atoms with Crippen molar-refractivity contribution in [2.24, 2.45) is 5.92 Å². The number of rotatable bonds is 8. The first-order chi connectivity index (χ1) is 11.9. The van der Waals surface area contributed by atoms with Gasteiger partial charge in [-0.15, -0.1) is 0 Å². The average molecular weight is 339 g/mol. The van der Waals surface area contributed by atoms with E-state index in [1.165, 1.54) is 0 Å². The van der Waals surface area contributed by atoms with Crippen LogP contribution in [0.1, 0.15) is 32.1 Å². The lowest BCUT2D eigenvalue weighted by atomic mass is 9.90. The van der Waals surface area contributed by atoms with Crippen molar-refractivity contribution in [3.05, 3.63) is 60.1 Å². The molecule has 1 N–H and O–H groups in total. The molecule has 2 rings (SSSR count). The van der Waals surface area contributed by atoms with Gasteiger partial charge in [0.25, 0.3) is 0 Å². The second-order valence-corrected chi connectivity index (χ2v) is 6.73. The lowest BCUT2D eigenvalue weighted by Crippen LogP contribution is -2.51. The normalized spacial score (nSPS) is 13.4. The zero-order valence-electron chi connectivity index (χ0n) is 15.0. The number of nitrogens with zero attached hydrogens (tertiary/aromatic N) is 2. The van der Waals surface area contributed by atoms with Crippen molar-refractivity contribution in [2.45, 2.75) is 39.4 Å². The fraction of sp³-hybridized carbons (Fsp3) is 0.400. The van der Waals surface area contributed by atoms with Crippen molar-refractivity contribution in [1.82, 2.24) is 10.2 Å². The largest absolute Gasteiger partial charge is 0.468 e.